The highest BCUT2D eigenvalue weighted by Gasteiger charge is 2.22. The number of aromatic nitrogens is 4. The lowest BCUT2D eigenvalue weighted by molar-refractivity contribution is -0.663. The van der Waals surface area contributed by atoms with Gasteiger partial charge in [-0.15, -0.1) is 0 Å². The Kier molecular flexibility index (Phi) is 3.78. The van der Waals surface area contributed by atoms with E-state index in [1.165, 1.54) is 0 Å². The summed E-state index contributed by atoms with van der Waals surface area (Å²) in [4.78, 5) is 24.7. The number of nitrogens with one attached hydrogen (secondary N) is 2. The van der Waals surface area contributed by atoms with Crippen LogP contribution in [0.1, 0.15) is 11.1 Å². The molecule has 0 saturated carbocycles. The zero-order valence-corrected chi connectivity index (χ0v) is 13.5. The highest BCUT2D eigenvalue weighted by atomic mass is 16.1. The molecule has 0 radical (unpaired) electrons. The van der Waals surface area contributed by atoms with E-state index in [0.29, 0.717) is 24.1 Å². The molecule has 124 valence electrons. The van der Waals surface area contributed by atoms with Gasteiger partial charge in [-0.2, -0.15) is 0 Å². The van der Waals surface area contributed by atoms with Crippen LogP contribution in [0.4, 0.5) is 0 Å². The maximum atomic E-state index is 12.3. The minimum absolute atomic E-state index is 0.308. The second-order valence-electron chi connectivity index (χ2n) is 5.95. The normalized spacial score (nSPS) is 11.0. The van der Waals surface area contributed by atoms with Crippen LogP contribution in [0.25, 0.3) is 11.0 Å². The lowest BCUT2D eigenvalue weighted by Crippen LogP contribution is -2.38. The van der Waals surface area contributed by atoms with Crippen LogP contribution in [0, 0.1) is 0 Å². The van der Waals surface area contributed by atoms with Crippen molar-refractivity contribution < 1.29 is 4.57 Å². The summed E-state index contributed by atoms with van der Waals surface area (Å²) in [6.45, 7) is 1.04. The molecule has 0 aliphatic heterocycles. The van der Waals surface area contributed by atoms with Crippen molar-refractivity contribution in [3.8, 4) is 0 Å². The van der Waals surface area contributed by atoms with Gasteiger partial charge in [0.05, 0.1) is 0 Å². The molecule has 0 saturated heterocycles. The lowest BCUT2D eigenvalue weighted by atomic mass is 10.2. The van der Waals surface area contributed by atoms with Crippen molar-refractivity contribution in [2.24, 2.45) is 0 Å². The quantitative estimate of drug-likeness (QED) is 0.554. The fourth-order valence-electron chi connectivity index (χ4n) is 3.06. The van der Waals surface area contributed by atoms with E-state index in [1.54, 1.807) is 0 Å². The molecule has 0 atom stereocenters. The van der Waals surface area contributed by atoms with Crippen LogP contribution in [-0.4, -0.2) is 14.8 Å². The van der Waals surface area contributed by atoms with E-state index in [2.05, 4.69) is 10.2 Å². The average molecular weight is 333 g/mol. The summed E-state index contributed by atoms with van der Waals surface area (Å²) in [6, 6.07) is 19.7. The molecular weight excluding hydrogens is 316 g/mol. The van der Waals surface area contributed by atoms with Gasteiger partial charge in [0.25, 0.3) is 0 Å². The summed E-state index contributed by atoms with van der Waals surface area (Å²) in [6.07, 6.45) is 1.83. The van der Waals surface area contributed by atoms with E-state index in [9.17, 15) is 9.59 Å². The molecule has 0 aliphatic rings. The third-order valence-corrected chi connectivity index (χ3v) is 4.19. The van der Waals surface area contributed by atoms with Gasteiger partial charge in [0.2, 0.25) is 17.4 Å². The summed E-state index contributed by atoms with van der Waals surface area (Å²) < 4.78 is 3.64. The maximum Gasteiger partial charge on any atom is 0.314 e. The zero-order chi connectivity index (χ0) is 17.2. The summed E-state index contributed by atoms with van der Waals surface area (Å²) in [7, 11) is 0. The number of fused-ring (bicyclic) bond motifs is 1. The molecule has 2 aromatic heterocycles. The monoisotopic (exact) mass is 333 g/mol. The van der Waals surface area contributed by atoms with Crippen molar-refractivity contribution in [1.29, 1.82) is 0 Å². The smallest absolute Gasteiger partial charge is 0.263 e. The van der Waals surface area contributed by atoms with Gasteiger partial charge in [0, 0.05) is 0 Å². The first-order valence-corrected chi connectivity index (χ1v) is 8.03. The summed E-state index contributed by atoms with van der Waals surface area (Å²) in [5.74, 6) is 0. The Labute approximate surface area is 143 Å². The van der Waals surface area contributed by atoms with Crippen molar-refractivity contribution >= 4 is 11.0 Å². The Morgan fingerprint density at radius 1 is 0.800 bits per heavy atom. The number of benzene rings is 2. The molecule has 2 aromatic carbocycles. The number of imidazole rings is 1. The highest BCUT2D eigenvalue weighted by Crippen LogP contribution is 2.08. The second-order valence-corrected chi connectivity index (χ2v) is 5.95. The van der Waals surface area contributed by atoms with Gasteiger partial charge in [0.15, 0.2) is 0 Å². The van der Waals surface area contributed by atoms with Crippen molar-refractivity contribution in [3.05, 3.63) is 98.8 Å². The average Bonchev–Trinajstić information content (AvgIpc) is 2.99. The van der Waals surface area contributed by atoms with Gasteiger partial charge in [-0.1, -0.05) is 60.7 Å². The van der Waals surface area contributed by atoms with Crippen LogP contribution in [0.5, 0.6) is 0 Å². The summed E-state index contributed by atoms with van der Waals surface area (Å²) in [5.41, 5.74) is 2.26. The van der Waals surface area contributed by atoms with Crippen LogP contribution in [0.3, 0.4) is 0 Å². The number of aromatic amines is 2. The molecular formula is C19H17N4O2+. The van der Waals surface area contributed by atoms with Crippen molar-refractivity contribution in [3.63, 3.8) is 0 Å². The predicted octanol–water partition coefficient (Wildman–Crippen LogP) is 1.40. The maximum absolute atomic E-state index is 12.3. The van der Waals surface area contributed by atoms with Gasteiger partial charge in [-0.05, 0) is 11.1 Å². The second kappa shape index (κ2) is 6.24. The van der Waals surface area contributed by atoms with Crippen molar-refractivity contribution in [2.45, 2.75) is 13.1 Å². The largest absolute Gasteiger partial charge is 0.314 e. The molecule has 4 aromatic rings. The van der Waals surface area contributed by atoms with Crippen LogP contribution >= 0.6 is 0 Å². The first kappa shape index (κ1) is 15.1. The molecule has 0 bridgehead atoms. The first-order valence-electron chi connectivity index (χ1n) is 8.03. The molecule has 4 rings (SSSR count). The Hall–Kier alpha value is -3.41. The van der Waals surface area contributed by atoms with Crippen LogP contribution in [0.2, 0.25) is 0 Å². The van der Waals surface area contributed by atoms with E-state index in [4.69, 9.17) is 0 Å². The standard InChI is InChI=1S/C19H16N4O2/c24-18-16-17(19(25)21-20-18)23(12-15-9-5-2-6-10-15)13-22(16)11-14-7-3-1-4-8-14/h1-10,13H,11-12H2,(H-,20,21,24,25)/p+1. The summed E-state index contributed by atoms with van der Waals surface area (Å²) in [5, 5.41) is 4.84. The van der Waals surface area contributed by atoms with E-state index in [0.717, 1.165) is 11.1 Å². The number of H-pyrrole nitrogens is 2. The predicted molar refractivity (Wildman–Crippen MR) is 94.5 cm³/mol. The molecule has 0 amide bonds. The third-order valence-electron chi connectivity index (χ3n) is 4.19. The SMILES string of the molecule is O=c1[nH][nH]c(=O)c2c1n(Cc1ccccc1)c[n+]2Cc1ccccc1. The molecule has 6 nitrogen and oxygen atoms in total. The fourth-order valence-corrected chi connectivity index (χ4v) is 3.06. The van der Waals surface area contributed by atoms with Crippen LogP contribution in [0.15, 0.2) is 76.6 Å². The van der Waals surface area contributed by atoms with Crippen molar-refractivity contribution in [1.82, 2.24) is 14.8 Å². The molecule has 25 heavy (non-hydrogen) atoms. The van der Waals surface area contributed by atoms with Crippen LogP contribution in [-0.2, 0) is 13.1 Å². The molecule has 2 N–H and O–H groups in total. The Morgan fingerprint density at radius 2 is 1.40 bits per heavy atom. The van der Waals surface area contributed by atoms with Crippen LogP contribution < -0.4 is 15.7 Å². The van der Waals surface area contributed by atoms with Gasteiger partial charge in [-0.3, -0.25) is 19.8 Å². The van der Waals surface area contributed by atoms with E-state index >= 15 is 0 Å². The zero-order valence-electron chi connectivity index (χ0n) is 13.5. The van der Waals surface area contributed by atoms with E-state index in [1.807, 2.05) is 76.1 Å². The minimum atomic E-state index is -0.308. The number of hydrogen-bond acceptors (Lipinski definition) is 2. The fraction of sp³-hybridized carbons (Fsp3) is 0.105. The molecule has 0 unspecified atom stereocenters. The lowest BCUT2D eigenvalue weighted by Gasteiger charge is -1.98. The van der Waals surface area contributed by atoms with E-state index in [-0.39, 0.29) is 11.1 Å². The highest BCUT2D eigenvalue weighted by molar-refractivity contribution is 5.69. The Morgan fingerprint density at radius 3 is 2.08 bits per heavy atom. The van der Waals surface area contributed by atoms with Gasteiger partial charge in [0.1, 0.15) is 13.1 Å². The van der Waals surface area contributed by atoms with Gasteiger partial charge in [-0.25, -0.2) is 9.13 Å². The topological polar surface area (TPSA) is 74.5 Å². The summed E-state index contributed by atoms with van der Waals surface area (Å²) >= 11 is 0. The number of hydrogen-bond donors (Lipinski definition) is 2. The Bertz CT molecular complexity index is 1040. The van der Waals surface area contributed by atoms with Gasteiger partial charge >= 0.3 is 11.1 Å². The Balaban J connectivity index is 1.87. The molecule has 2 heterocycles. The first-order chi connectivity index (χ1) is 12.2. The van der Waals surface area contributed by atoms with E-state index < -0.39 is 0 Å². The minimum Gasteiger partial charge on any atom is -0.263 e. The molecule has 6 heteroatoms. The molecule has 0 spiro atoms. The van der Waals surface area contributed by atoms with Gasteiger partial charge < -0.3 is 0 Å². The number of rotatable bonds is 4. The molecule has 0 aliphatic carbocycles. The van der Waals surface area contributed by atoms with Crippen molar-refractivity contribution in [2.75, 3.05) is 0 Å². The number of nitrogens with zero attached hydrogens (tertiary/aromatic N) is 2. The third kappa shape index (κ3) is 2.89. The molecule has 0 fully saturated rings.